The molecule has 144 valence electrons. The first-order valence-corrected chi connectivity index (χ1v) is 8.80. The zero-order valence-corrected chi connectivity index (χ0v) is 15.7. The van der Waals surface area contributed by atoms with E-state index in [4.69, 9.17) is 16.3 Å². The molecule has 0 fully saturated rings. The van der Waals surface area contributed by atoms with Crippen molar-refractivity contribution in [3.63, 3.8) is 0 Å². The second kappa shape index (κ2) is 8.67. The molecule has 28 heavy (non-hydrogen) atoms. The summed E-state index contributed by atoms with van der Waals surface area (Å²) in [7, 11) is 0. The fourth-order valence-corrected chi connectivity index (χ4v) is 2.75. The fraction of sp³-hybridized carbons (Fsp3) is 0.150. The third-order valence-corrected chi connectivity index (χ3v) is 4.38. The van der Waals surface area contributed by atoms with E-state index in [1.165, 1.54) is 18.3 Å². The molecule has 3 aromatic rings. The van der Waals surface area contributed by atoms with Crippen LogP contribution in [0.15, 0.2) is 54.7 Å². The van der Waals surface area contributed by atoms with E-state index in [2.05, 4.69) is 10.4 Å². The normalized spacial score (nSPS) is 10.5. The van der Waals surface area contributed by atoms with Gasteiger partial charge in [-0.1, -0.05) is 35.9 Å². The van der Waals surface area contributed by atoms with Crippen LogP contribution >= 0.6 is 11.6 Å². The van der Waals surface area contributed by atoms with Crippen LogP contribution in [-0.4, -0.2) is 28.3 Å². The van der Waals surface area contributed by atoms with Crippen LogP contribution in [0.4, 0.5) is 10.2 Å². The number of nitrogens with one attached hydrogen (secondary N) is 1. The molecule has 0 aliphatic heterocycles. The van der Waals surface area contributed by atoms with E-state index in [9.17, 15) is 14.0 Å². The van der Waals surface area contributed by atoms with E-state index in [1.807, 2.05) is 18.2 Å². The number of carbonyl (C=O) groups is 2. The highest BCUT2D eigenvalue weighted by atomic mass is 35.5. The summed E-state index contributed by atoms with van der Waals surface area (Å²) in [5.41, 5.74) is 1.48. The molecule has 1 aromatic heterocycles. The zero-order chi connectivity index (χ0) is 20.1. The summed E-state index contributed by atoms with van der Waals surface area (Å²) in [5.74, 6) is -1.42. The molecule has 0 radical (unpaired) electrons. The van der Waals surface area contributed by atoms with Crippen LogP contribution in [-0.2, 0) is 16.1 Å². The maximum atomic E-state index is 13.3. The predicted molar refractivity (Wildman–Crippen MR) is 103 cm³/mol. The standard InChI is InChI=1S/C20H17ClFN3O3/c1-13-6-7-15(22)10-16(13)20(27)28-12-19(26)24-18-8-9-23-25(18)11-14-4-2-3-5-17(14)21/h2-10H,11-12H2,1H3,(H,24,26). The number of halogens is 2. The number of anilines is 1. The van der Waals surface area contributed by atoms with Gasteiger partial charge >= 0.3 is 5.97 Å². The summed E-state index contributed by atoms with van der Waals surface area (Å²) in [4.78, 5) is 24.2. The highest BCUT2D eigenvalue weighted by molar-refractivity contribution is 6.31. The molecule has 3 rings (SSSR count). The predicted octanol–water partition coefficient (Wildman–Crippen LogP) is 3.83. The molecule has 1 amide bonds. The average Bonchev–Trinajstić information content (AvgIpc) is 3.10. The smallest absolute Gasteiger partial charge is 0.339 e. The van der Waals surface area contributed by atoms with Crippen molar-refractivity contribution in [3.05, 3.63) is 82.3 Å². The van der Waals surface area contributed by atoms with Gasteiger partial charge in [0, 0.05) is 11.1 Å². The first-order chi connectivity index (χ1) is 13.4. The molecule has 6 nitrogen and oxygen atoms in total. The minimum absolute atomic E-state index is 0.0801. The van der Waals surface area contributed by atoms with Crippen LogP contribution in [0.25, 0.3) is 0 Å². The van der Waals surface area contributed by atoms with Gasteiger partial charge < -0.3 is 10.1 Å². The van der Waals surface area contributed by atoms with Gasteiger partial charge in [0.1, 0.15) is 11.6 Å². The Morgan fingerprint density at radius 1 is 1.21 bits per heavy atom. The van der Waals surface area contributed by atoms with Crippen molar-refractivity contribution in [2.45, 2.75) is 13.5 Å². The molecule has 0 bridgehead atoms. The summed E-state index contributed by atoms with van der Waals surface area (Å²) >= 11 is 6.15. The number of rotatable bonds is 6. The van der Waals surface area contributed by atoms with Crippen molar-refractivity contribution in [3.8, 4) is 0 Å². The first kappa shape index (κ1) is 19.6. The van der Waals surface area contributed by atoms with Crippen LogP contribution in [0, 0.1) is 12.7 Å². The molecule has 1 N–H and O–H groups in total. The Kier molecular flexibility index (Phi) is 6.06. The summed E-state index contributed by atoms with van der Waals surface area (Å²) in [5, 5.41) is 7.39. The van der Waals surface area contributed by atoms with Gasteiger partial charge in [0.05, 0.1) is 18.3 Å². The Morgan fingerprint density at radius 2 is 2.00 bits per heavy atom. The van der Waals surface area contributed by atoms with Gasteiger partial charge in [-0.25, -0.2) is 13.9 Å². The number of ether oxygens (including phenoxy) is 1. The molecule has 0 atom stereocenters. The minimum atomic E-state index is -0.767. The number of hydrogen-bond acceptors (Lipinski definition) is 4. The Labute approximate surface area is 165 Å². The highest BCUT2D eigenvalue weighted by Crippen LogP contribution is 2.18. The van der Waals surface area contributed by atoms with Crippen molar-refractivity contribution in [1.29, 1.82) is 0 Å². The van der Waals surface area contributed by atoms with Gasteiger partial charge in [0.25, 0.3) is 5.91 Å². The largest absolute Gasteiger partial charge is 0.452 e. The molecule has 1 heterocycles. The summed E-state index contributed by atoms with van der Waals surface area (Å²) < 4.78 is 19.9. The topological polar surface area (TPSA) is 73.2 Å². The van der Waals surface area contributed by atoms with Gasteiger partial charge in [-0.15, -0.1) is 0 Å². The SMILES string of the molecule is Cc1ccc(F)cc1C(=O)OCC(=O)Nc1ccnn1Cc1ccccc1Cl. The number of aromatic nitrogens is 2. The van der Waals surface area contributed by atoms with Crippen molar-refractivity contribution < 1.29 is 18.7 Å². The van der Waals surface area contributed by atoms with E-state index < -0.39 is 24.3 Å². The Morgan fingerprint density at radius 3 is 2.79 bits per heavy atom. The second-order valence-corrected chi connectivity index (χ2v) is 6.46. The van der Waals surface area contributed by atoms with E-state index in [0.29, 0.717) is 22.9 Å². The lowest BCUT2D eigenvalue weighted by molar-refractivity contribution is -0.119. The van der Waals surface area contributed by atoms with Crippen molar-refractivity contribution >= 4 is 29.3 Å². The number of carbonyl (C=O) groups excluding carboxylic acids is 2. The second-order valence-electron chi connectivity index (χ2n) is 6.05. The van der Waals surface area contributed by atoms with Gasteiger partial charge in [-0.3, -0.25) is 4.79 Å². The van der Waals surface area contributed by atoms with Gasteiger partial charge in [0.15, 0.2) is 6.61 Å². The lowest BCUT2D eigenvalue weighted by atomic mass is 10.1. The third-order valence-electron chi connectivity index (χ3n) is 4.02. The maximum Gasteiger partial charge on any atom is 0.339 e. The third kappa shape index (κ3) is 4.75. The fourth-order valence-electron chi connectivity index (χ4n) is 2.55. The van der Waals surface area contributed by atoms with Crippen molar-refractivity contribution in [2.24, 2.45) is 0 Å². The van der Waals surface area contributed by atoms with E-state index in [-0.39, 0.29) is 5.56 Å². The molecule has 8 heteroatoms. The van der Waals surface area contributed by atoms with Crippen LogP contribution in [0.5, 0.6) is 0 Å². The van der Waals surface area contributed by atoms with E-state index in [0.717, 1.165) is 11.6 Å². The molecule has 2 aromatic carbocycles. The monoisotopic (exact) mass is 401 g/mol. The number of nitrogens with zero attached hydrogens (tertiary/aromatic N) is 2. The number of hydrogen-bond donors (Lipinski definition) is 1. The number of benzene rings is 2. The molecule has 0 aliphatic carbocycles. The number of amides is 1. The molecule has 0 saturated heterocycles. The van der Waals surface area contributed by atoms with E-state index >= 15 is 0 Å². The van der Waals surface area contributed by atoms with Crippen LogP contribution in [0.3, 0.4) is 0 Å². The van der Waals surface area contributed by atoms with Crippen LogP contribution in [0.1, 0.15) is 21.5 Å². The van der Waals surface area contributed by atoms with Crippen LogP contribution < -0.4 is 5.32 Å². The highest BCUT2D eigenvalue weighted by Gasteiger charge is 2.15. The first-order valence-electron chi connectivity index (χ1n) is 8.42. The Bertz CT molecular complexity index is 1020. The molecular formula is C20H17ClFN3O3. The minimum Gasteiger partial charge on any atom is -0.452 e. The van der Waals surface area contributed by atoms with E-state index in [1.54, 1.807) is 23.7 Å². The lowest BCUT2D eigenvalue weighted by Crippen LogP contribution is -2.23. The summed E-state index contributed by atoms with van der Waals surface area (Å²) in [6.07, 6.45) is 1.54. The molecule has 0 saturated carbocycles. The Balaban J connectivity index is 1.60. The Hall–Kier alpha value is -3.19. The van der Waals surface area contributed by atoms with Gasteiger partial charge in [-0.05, 0) is 36.2 Å². The van der Waals surface area contributed by atoms with Crippen LogP contribution in [0.2, 0.25) is 5.02 Å². The average molecular weight is 402 g/mol. The van der Waals surface area contributed by atoms with Crippen molar-refractivity contribution in [1.82, 2.24) is 9.78 Å². The zero-order valence-electron chi connectivity index (χ0n) is 15.0. The molecule has 0 unspecified atom stereocenters. The number of aryl methyl sites for hydroxylation is 1. The molecule has 0 aliphatic rings. The summed E-state index contributed by atoms with van der Waals surface area (Å²) in [6, 6.07) is 12.7. The molecule has 0 spiro atoms. The van der Waals surface area contributed by atoms with Gasteiger partial charge in [0.2, 0.25) is 0 Å². The molecular weight excluding hydrogens is 385 g/mol. The summed E-state index contributed by atoms with van der Waals surface area (Å²) in [6.45, 7) is 1.51. The lowest BCUT2D eigenvalue weighted by Gasteiger charge is -2.11. The number of esters is 1. The maximum absolute atomic E-state index is 13.3. The van der Waals surface area contributed by atoms with Crippen molar-refractivity contribution in [2.75, 3.05) is 11.9 Å². The van der Waals surface area contributed by atoms with Gasteiger partial charge in [-0.2, -0.15) is 5.10 Å². The quantitative estimate of drug-likeness (QED) is 0.637.